The van der Waals surface area contributed by atoms with E-state index in [9.17, 15) is 19.5 Å². The third-order valence-corrected chi connectivity index (χ3v) is 5.33. The summed E-state index contributed by atoms with van der Waals surface area (Å²) >= 11 is 12.3. The van der Waals surface area contributed by atoms with Crippen LogP contribution in [0.15, 0.2) is 36.4 Å². The number of carboxylic acid groups (broad SMARTS) is 1. The van der Waals surface area contributed by atoms with Gasteiger partial charge in [0, 0.05) is 21.5 Å². The number of rotatable bonds is 4. The molecule has 3 amide bonds. The maximum Gasteiger partial charge on any atom is 0.352 e. The number of amides is 3. The first kappa shape index (κ1) is 19.3. The van der Waals surface area contributed by atoms with Crippen molar-refractivity contribution in [1.82, 2.24) is 9.88 Å². The zero-order valence-corrected chi connectivity index (χ0v) is 16.7. The number of aromatic carboxylic acids is 1. The van der Waals surface area contributed by atoms with Crippen LogP contribution in [0.5, 0.6) is 0 Å². The highest BCUT2D eigenvalue weighted by molar-refractivity contribution is 6.39. The van der Waals surface area contributed by atoms with Gasteiger partial charge in [0.15, 0.2) is 0 Å². The Morgan fingerprint density at radius 1 is 1.17 bits per heavy atom. The van der Waals surface area contributed by atoms with Crippen molar-refractivity contribution >= 4 is 57.7 Å². The second kappa shape index (κ2) is 7.09. The molecule has 2 aromatic carbocycles. The maximum absolute atomic E-state index is 12.9. The molecule has 1 fully saturated rings. The van der Waals surface area contributed by atoms with Crippen LogP contribution in [-0.4, -0.2) is 39.4 Å². The third-order valence-electron chi connectivity index (χ3n) is 4.81. The summed E-state index contributed by atoms with van der Waals surface area (Å²) in [6.45, 7) is 1.66. The minimum atomic E-state index is -1.20. The Labute approximate surface area is 175 Å². The molecule has 0 unspecified atom stereocenters. The van der Waals surface area contributed by atoms with Crippen LogP contribution in [0, 0.1) is 6.92 Å². The van der Waals surface area contributed by atoms with Crippen molar-refractivity contribution < 1.29 is 19.5 Å². The number of H-pyrrole nitrogens is 1. The summed E-state index contributed by atoms with van der Waals surface area (Å²) in [6, 6.07) is 9.56. The number of imide groups is 1. The smallest absolute Gasteiger partial charge is 0.352 e. The van der Waals surface area contributed by atoms with Gasteiger partial charge in [-0.25, -0.2) is 14.5 Å². The van der Waals surface area contributed by atoms with Crippen LogP contribution < -0.4 is 4.90 Å². The number of carbonyl (C=O) groups excluding carboxylic acids is 2. The lowest BCUT2D eigenvalue weighted by atomic mass is 10.1. The van der Waals surface area contributed by atoms with Gasteiger partial charge in [-0.1, -0.05) is 40.9 Å². The lowest BCUT2D eigenvalue weighted by molar-refractivity contribution is -0.116. The van der Waals surface area contributed by atoms with Gasteiger partial charge in [-0.3, -0.25) is 4.79 Å². The fraction of sp³-hybridized carbons (Fsp3) is 0.150. The highest BCUT2D eigenvalue weighted by Crippen LogP contribution is 2.34. The monoisotopic (exact) mass is 431 g/mol. The van der Waals surface area contributed by atoms with Crippen molar-refractivity contribution in [3.63, 3.8) is 0 Å². The summed E-state index contributed by atoms with van der Waals surface area (Å²) < 4.78 is 0. The Kier molecular flexibility index (Phi) is 4.72. The van der Waals surface area contributed by atoms with E-state index >= 15 is 0 Å². The quantitative estimate of drug-likeness (QED) is 0.596. The summed E-state index contributed by atoms with van der Waals surface area (Å²) in [4.78, 5) is 42.3. The molecule has 9 heteroatoms. The average Bonchev–Trinajstić information content (AvgIpc) is 3.14. The number of fused-ring (bicyclic) bond motifs is 1. The van der Waals surface area contributed by atoms with Gasteiger partial charge in [-0.05, 0) is 31.2 Å². The highest BCUT2D eigenvalue weighted by Gasteiger charge is 2.38. The van der Waals surface area contributed by atoms with E-state index in [1.807, 2.05) is 19.1 Å². The molecule has 0 spiro atoms. The van der Waals surface area contributed by atoms with Crippen LogP contribution in [0.3, 0.4) is 0 Å². The van der Waals surface area contributed by atoms with Gasteiger partial charge in [0.2, 0.25) is 0 Å². The van der Waals surface area contributed by atoms with Crippen LogP contribution in [0.25, 0.3) is 10.9 Å². The molecule has 29 heavy (non-hydrogen) atoms. The number of hydrogen-bond donors (Lipinski definition) is 2. The van der Waals surface area contributed by atoms with E-state index in [-0.39, 0.29) is 29.7 Å². The number of carboxylic acids is 1. The van der Waals surface area contributed by atoms with Gasteiger partial charge < -0.3 is 15.0 Å². The first-order chi connectivity index (χ1) is 13.8. The summed E-state index contributed by atoms with van der Waals surface area (Å²) in [5, 5.41) is 10.7. The predicted octanol–water partition coefficient (Wildman–Crippen LogP) is 4.45. The number of halogens is 2. The van der Waals surface area contributed by atoms with Gasteiger partial charge >= 0.3 is 12.0 Å². The molecule has 0 bridgehead atoms. The van der Waals surface area contributed by atoms with Gasteiger partial charge in [-0.2, -0.15) is 0 Å². The van der Waals surface area contributed by atoms with Crippen molar-refractivity contribution in [3.05, 3.63) is 63.3 Å². The molecule has 1 aromatic heterocycles. The number of hydrogen-bond acceptors (Lipinski definition) is 3. The average molecular weight is 432 g/mol. The van der Waals surface area contributed by atoms with Crippen LogP contribution >= 0.6 is 23.2 Å². The normalized spacial score (nSPS) is 14.3. The Balaban J connectivity index is 1.73. The minimum Gasteiger partial charge on any atom is -0.477 e. The molecule has 3 aromatic rings. The highest BCUT2D eigenvalue weighted by atomic mass is 35.5. The van der Waals surface area contributed by atoms with Crippen LogP contribution in [-0.2, 0) is 11.3 Å². The standard InChI is InChI=1S/C20H15Cl2N3O4/c1-10-2-4-12(5-3-10)25-16(26)9-24(20(25)29)8-13-17-14(22)6-11(21)7-15(17)23-18(13)19(27)28/h2-7,23H,8-9H2,1H3,(H,27,28). The van der Waals surface area contributed by atoms with Crippen molar-refractivity contribution in [2.24, 2.45) is 0 Å². The number of nitrogens with one attached hydrogen (secondary N) is 1. The van der Waals surface area contributed by atoms with Crippen molar-refractivity contribution in [1.29, 1.82) is 0 Å². The second-order valence-corrected chi connectivity index (χ2v) is 7.64. The Bertz CT molecular complexity index is 1170. The first-order valence-corrected chi connectivity index (χ1v) is 9.43. The fourth-order valence-corrected chi connectivity index (χ4v) is 4.07. The van der Waals surface area contributed by atoms with Gasteiger partial charge in [0.05, 0.1) is 17.3 Å². The van der Waals surface area contributed by atoms with Crippen LogP contribution in [0.4, 0.5) is 10.5 Å². The molecule has 2 N–H and O–H groups in total. The molecule has 1 aliphatic rings. The fourth-order valence-electron chi connectivity index (χ4n) is 3.47. The molecule has 1 saturated heterocycles. The van der Waals surface area contributed by atoms with Gasteiger partial charge in [0.25, 0.3) is 5.91 Å². The topological polar surface area (TPSA) is 93.7 Å². The molecule has 7 nitrogen and oxygen atoms in total. The Morgan fingerprint density at radius 3 is 2.52 bits per heavy atom. The second-order valence-electron chi connectivity index (χ2n) is 6.80. The lowest BCUT2D eigenvalue weighted by Gasteiger charge is -2.17. The Morgan fingerprint density at radius 2 is 1.86 bits per heavy atom. The number of urea groups is 1. The largest absolute Gasteiger partial charge is 0.477 e. The summed E-state index contributed by atoms with van der Waals surface area (Å²) in [5.74, 6) is -1.58. The van der Waals surface area contributed by atoms with Gasteiger partial charge in [-0.15, -0.1) is 0 Å². The number of carbonyl (C=O) groups is 3. The first-order valence-electron chi connectivity index (χ1n) is 8.67. The maximum atomic E-state index is 12.9. The van der Waals surface area contributed by atoms with E-state index in [4.69, 9.17) is 23.2 Å². The molecule has 1 aliphatic heterocycles. The molecular weight excluding hydrogens is 417 g/mol. The Hall–Kier alpha value is -3.03. The van der Waals surface area contributed by atoms with E-state index in [2.05, 4.69) is 4.98 Å². The van der Waals surface area contributed by atoms with Gasteiger partial charge in [0.1, 0.15) is 12.2 Å². The SMILES string of the molecule is Cc1ccc(N2C(=O)CN(Cc3c(C(=O)O)[nH]c4cc(Cl)cc(Cl)c34)C2=O)cc1. The lowest BCUT2D eigenvalue weighted by Crippen LogP contribution is -2.33. The molecule has 4 rings (SSSR count). The number of benzene rings is 2. The predicted molar refractivity (Wildman–Crippen MR) is 110 cm³/mol. The van der Waals surface area contributed by atoms with Crippen molar-refractivity contribution in [2.75, 3.05) is 11.4 Å². The molecular formula is C20H15Cl2N3O4. The number of anilines is 1. The molecule has 0 atom stereocenters. The van der Waals surface area contributed by atoms with E-state index in [1.54, 1.807) is 18.2 Å². The van der Waals surface area contributed by atoms with E-state index in [0.29, 0.717) is 27.2 Å². The third kappa shape index (κ3) is 3.32. The molecule has 0 aliphatic carbocycles. The van der Waals surface area contributed by atoms with Crippen molar-refractivity contribution in [2.45, 2.75) is 13.5 Å². The van der Waals surface area contributed by atoms with E-state index < -0.39 is 12.0 Å². The summed E-state index contributed by atoms with van der Waals surface area (Å²) in [6.07, 6.45) is 0. The van der Waals surface area contributed by atoms with Crippen LogP contribution in [0.1, 0.15) is 21.6 Å². The van der Waals surface area contributed by atoms with E-state index in [0.717, 1.165) is 10.5 Å². The zero-order valence-electron chi connectivity index (χ0n) is 15.2. The van der Waals surface area contributed by atoms with Crippen LogP contribution in [0.2, 0.25) is 10.0 Å². The number of aromatic amines is 1. The molecule has 148 valence electrons. The minimum absolute atomic E-state index is 0.0874. The molecule has 0 radical (unpaired) electrons. The number of aryl methyl sites for hydroxylation is 1. The molecule has 2 heterocycles. The number of nitrogens with zero attached hydrogens (tertiary/aromatic N) is 2. The summed E-state index contributed by atoms with van der Waals surface area (Å²) in [7, 11) is 0. The van der Waals surface area contributed by atoms with Crippen molar-refractivity contribution in [3.8, 4) is 0 Å². The zero-order chi connectivity index (χ0) is 20.9. The number of aromatic nitrogens is 1. The van der Waals surface area contributed by atoms with E-state index in [1.165, 1.54) is 11.0 Å². The molecule has 0 saturated carbocycles. The summed E-state index contributed by atoms with van der Waals surface area (Å²) in [5.41, 5.74) is 2.14.